The monoisotopic (exact) mass is 286 g/mol. The van der Waals surface area contributed by atoms with Crippen molar-refractivity contribution in [3.05, 3.63) is 40.3 Å². The largest absolute Gasteiger partial charge is 0.354 e. The molecule has 1 aliphatic heterocycles. The zero-order chi connectivity index (χ0) is 14.8. The van der Waals surface area contributed by atoms with Crippen molar-refractivity contribution in [1.82, 2.24) is 20.8 Å². The quantitative estimate of drug-likeness (QED) is 0.719. The van der Waals surface area contributed by atoms with E-state index in [1.54, 1.807) is 24.3 Å². The molecule has 1 atom stereocenters. The molecule has 7 heteroatoms. The maximum absolute atomic E-state index is 12.3. The molecule has 2 aromatic rings. The number of amides is 2. The average Bonchev–Trinajstić information content (AvgIpc) is 2.50. The van der Waals surface area contributed by atoms with Crippen molar-refractivity contribution in [3.63, 3.8) is 0 Å². The summed E-state index contributed by atoms with van der Waals surface area (Å²) in [5.41, 5.74) is -0.144. The highest BCUT2D eigenvalue weighted by molar-refractivity contribution is 6.04. The van der Waals surface area contributed by atoms with Gasteiger partial charge in [0.2, 0.25) is 5.91 Å². The van der Waals surface area contributed by atoms with Crippen LogP contribution in [0.2, 0.25) is 0 Å². The maximum Gasteiger partial charge on any atom is 0.272 e. The Kier molecular flexibility index (Phi) is 3.39. The minimum Gasteiger partial charge on any atom is -0.354 e. The van der Waals surface area contributed by atoms with Gasteiger partial charge in [0.25, 0.3) is 11.5 Å². The third-order valence-corrected chi connectivity index (χ3v) is 3.51. The first-order chi connectivity index (χ1) is 10.1. The molecule has 1 fully saturated rings. The molecule has 1 aromatic heterocycles. The van der Waals surface area contributed by atoms with E-state index < -0.39 is 0 Å². The fourth-order valence-electron chi connectivity index (χ4n) is 2.40. The Morgan fingerprint density at radius 3 is 2.71 bits per heavy atom. The predicted octanol–water partition coefficient (Wildman–Crippen LogP) is -0.0685. The Labute approximate surface area is 119 Å². The standard InChI is InChI=1S/C14H14N4O3/c19-11-6-5-8(7-15-11)16-14(21)12-9-3-1-2-4-10(9)13(20)18-17-12/h1-4,8H,5-7H2,(H,15,19)(H,16,21)(H,18,20). The number of carbonyl (C=O) groups excluding carboxylic acids is 2. The molecule has 1 aromatic carbocycles. The fraction of sp³-hybridized carbons (Fsp3) is 0.286. The number of H-pyrrole nitrogens is 1. The van der Waals surface area contributed by atoms with Crippen molar-refractivity contribution in [2.24, 2.45) is 0 Å². The smallest absolute Gasteiger partial charge is 0.272 e. The van der Waals surface area contributed by atoms with E-state index in [0.29, 0.717) is 30.2 Å². The number of fused-ring (bicyclic) bond motifs is 1. The first kappa shape index (κ1) is 13.3. The second-order valence-electron chi connectivity index (χ2n) is 4.96. The molecule has 0 saturated carbocycles. The van der Waals surface area contributed by atoms with Crippen LogP contribution in [0.1, 0.15) is 23.3 Å². The van der Waals surface area contributed by atoms with Gasteiger partial charge < -0.3 is 10.6 Å². The normalized spacial score (nSPS) is 18.3. The van der Waals surface area contributed by atoms with Gasteiger partial charge in [0, 0.05) is 24.4 Å². The van der Waals surface area contributed by atoms with Gasteiger partial charge in [0.1, 0.15) is 0 Å². The Hall–Kier alpha value is -2.70. The summed E-state index contributed by atoms with van der Waals surface area (Å²) in [6.07, 6.45) is 0.990. The molecule has 3 N–H and O–H groups in total. The topological polar surface area (TPSA) is 104 Å². The SMILES string of the molecule is O=C1CCC(NC(=O)c2n[nH]c(=O)c3ccccc23)CN1. The van der Waals surface area contributed by atoms with Crippen LogP contribution in [0.4, 0.5) is 0 Å². The molecule has 7 nitrogen and oxygen atoms in total. The molecule has 21 heavy (non-hydrogen) atoms. The van der Waals surface area contributed by atoms with E-state index in [2.05, 4.69) is 20.8 Å². The molecule has 2 amide bonds. The summed E-state index contributed by atoms with van der Waals surface area (Å²) < 4.78 is 0. The third kappa shape index (κ3) is 2.62. The molecule has 1 aliphatic rings. The molecule has 0 radical (unpaired) electrons. The summed E-state index contributed by atoms with van der Waals surface area (Å²) in [4.78, 5) is 35.1. The molecule has 108 valence electrons. The lowest BCUT2D eigenvalue weighted by Gasteiger charge is -2.23. The summed E-state index contributed by atoms with van der Waals surface area (Å²) >= 11 is 0. The number of hydrogen-bond donors (Lipinski definition) is 3. The van der Waals surface area contributed by atoms with Gasteiger partial charge in [-0.1, -0.05) is 18.2 Å². The molecular formula is C14H14N4O3. The summed E-state index contributed by atoms with van der Waals surface area (Å²) in [6, 6.07) is 6.70. The fourth-order valence-corrected chi connectivity index (χ4v) is 2.40. The van der Waals surface area contributed by atoms with Crippen LogP contribution in [0, 0.1) is 0 Å². The van der Waals surface area contributed by atoms with Crippen LogP contribution in [-0.2, 0) is 4.79 Å². The number of rotatable bonds is 2. The number of nitrogens with one attached hydrogen (secondary N) is 3. The molecule has 0 aliphatic carbocycles. The van der Waals surface area contributed by atoms with Crippen molar-refractivity contribution in [2.75, 3.05) is 6.54 Å². The van der Waals surface area contributed by atoms with Crippen LogP contribution >= 0.6 is 0 Å². The number of piperidine rings is 1. The highest BCUT2D eigenvalue weighted by Gasteiger charge is 2.22. The van der Waals surface area contributed by atoms with Crippen molar-refractivity contribution in [3.8, 4) is 0 Å². The average molecular weight is 286 g/mol. The molecule has 2 heterocycles. The van der Waals surface area contributed by atoms with Gasteiger partial charge in [-0.25, -0.2) is 5.10 Å². The lowest BCUT2D eigenvalue weighted by atomic mass is 10.1. The molecule has 3 rings (SSSR count). The number of benzene rings is 1. The van der Waals surface area contributed by atoms with Crippen LogP contribution in [-0.4, -0.2) is 34.6 Å². The zero-order valence-corrected chi connectivity index (χ0v) is 11.2. The molecule has 0 bridgehead atoms. The number of nitrogens with zero attached hydrogens (tertiary/aromatic N) is 1. The van der Waals surface area contributed by atoms with E-state index in [1.165, 1.54) is 0 Å². The predicted molar refractivity (Wildman–Crippen MR) is 75.9 cm³/mol. The summed E-state index contributed by atoms with van der Waals surface area (Å²) in [7, 11) is 0. The van der Waals surface area contributed by atoms with Gasteiger partial charge in [0.05, 0.1) is 5.39 Å². The highest BCUT2D eigenvalue weighted by atomic mass is 16.2. The second-order valence-corrected chi connectivity index (χ2v) is 4.96. The van der Waals surface area contributed by atoms with Crippen LogP contribution in [0.25, 0.3) is 10.8 Å². The first-order valence-electron chi connectivity index (χ1n) is 6.70. The Morgan fingerprint density at radius 2 is 2.00 bits per heavy atom. The van der Waals surface area contributed by atoms with E-state index in [1.807, 2.05) is 0 Å². The van der Waals surface area contributed by atoms with Crippen LogP contribution in [0.5, 0.6) is 0 Å². The molecule has 1 saturated heterocycles. The van der Waals surface area contributed by atoms with Crippen molar-refractivity contribution in [2.45, 2.75) is 18.9 Å². The van der Waals surface area contributed by atoms with Crippen LogP contribution < -0.4 is 16.2 Å². The summed E-state index contributed by atoms with van der Waals surface area (Å²) in [5, 5.41) is 12.7. The van der Waals surface area contributed by atoms with Gasteiger partial charge >= 0.3 is 0 Å². The number of aromatic nitrogens is 2. The number of carbonyl (C=O) groups is 2. The zero-order valence-electron chi connectivity index (χ0n) is 11.2. The first-order valence-corrected chi connectivity index (χ1v) is 6.70. The minimum absolute atomic E-state index is 0.00638. The third-order valence-electron chi connectivity index (χ3n) is 3.51. The van der Waals surface area contributed by atoms with Gasteiger partial charge in [0.15, 0.2) is 5.69 Å². The number of hydrogen-bond acceptors (Lipinski definition) is 4. The van der Waals surface area contributed by atoms with Crippen molar-refractivity contribution >= 4 is 22.6 Å². The van der Waals surface area contributed by atoms with Gasteiger partial charge in [-0.05, 0) is 12.5 Å². The van der Waals surface area contributed by atoms with E-state index >= 15 is 0 Å². The highest BCUT2D eigenvalue weighted by Crippen LogP contribution is 2.13. The molecular weight excluding hydrogens is 272 g/mol. The Morgan fingerprint density at radius 1 is 1.24 bits per heavy atom. The minimum atomic E-state index is -0.358. The van der Waals surface area contributed by atoms with Crippen molar-refractivity contribution < 1.29 is 9.59 Å². The summed E-state index contributed by atoms with van der Waals surface area (Å²) in [6.45, 7) is 0.409. The second kappa shape index (κ2) is 5.35. The van der Waals surface area contributed by atoms with E-state index in [4.69, 9.17) is 0 Å². The molecule has 1 unspecified atom stereocenters. The lowest BCUT2D eigenvalue weighted by Crippen LogP contribution is -2.48. The Balaban J connectivity index is 1.87. The van der Waals surface area contributed by atoms with Gasteiger partial charge in [-0.2, -0.15) is 5.10 Å². The van der Waals surface area contributed by atoms with Crippen molar-refractivity contribution in [1.29, 1.82) is 0 Å². The Bertz CT molecular complexity index is 758. The lowest BCUT2D eigenvalue weighted by molar-refractivity contribution is -0.122. The van der Waals surface area contributed by atoms with E-state index in [-0.39, 0.29) is 29.1 Å². The van der Waals surface area contributed by atoms with Gasteiger partial charge in [-0.3, -0.25) is 14.4 Å². The maximum atomic E-state index is 12.3. The van der Waals surface area contributed by atoms with Gasteiger partial charge in [-0.15, -0.1) is 0 Å². The van der Waals surface area contributed by atoms with Crippen LogP contribution in [0.3, 0.4) is 0 Å². The van der Waals surface area contributed by atoms with E-state index in [9.17, 15) is 14.4 Å². The van der Waals surface area contributed by atoms with Crippen LogP contribution in [0.15, 0.2) is 29.1 Å². The van der Waals surface area contributed by atoms with E-state index in [0.717, 1.165) is 0 Å². The molecule has 0 spiro atoms. The number of aromatic amines is 1. The summed E-state index contributed by atoms with van der Waals surface area (Å²) in [5.74, 6) is -0.364.